The fourth-order valence-corrected chi connectivity index (χ4v) is 3.25. The van der Waals surface area contributed by atoms with Gasteiger partial charge < -0.3 is 24.0 Å². The van der Waals surface area contributed by atoms with E-state index in [1.165, 1.54) is 0 Å². The van der Waals surface area contributed by atoms with Crippen LogP contribution in [0.4, 0.5) is 5.69 Å². The molecule has 2 heterocycles. The van der Waals surface area contributed by atoms with Crippen molar-refractivity contribution < 1.29 is 51.8 Å². The van der Waals surface area contributed by atoms with Crippen molar-refractivity contribution in [2.75, 3.05) is 11.5 Å². The molecule has 2 aromatic rings. The van der Waals surface area contributed by atoms with Gasteiger partial charge in [0.2, 0.25) is 0 Å². The van der Waals surface area contributed by atoms with Crippen LogP contribution < -0.4 is 4.90 Å². The number of amides is 1. The molecular formula is C21H23N2O4Y-. The standard InChI is InChI=1S/C21H23N2O4.Y/c1-14(2)20(24)15-6-8-16(9-7-15)23-17(11-19(22-3)21(23)25)12-26-13-18-5-4-10-27-18;/h4-9,14,17,19-20,24H,11-13H2,1-2H3;/q-1;. The fraction of sp³-hybridized carbons (Fsp3) is 0.429. The molecule has 7 heteroatoms. The SMILES string of the molecule is [C-]#[N+]C1CC(COCc2cc[c-]o2)N(c2ccc(C(O)C(C)C)cc2)C1=O.[Y]. The first-order valence-corrected chi connectivity index (χ1v) is 9.01. The molecule has 1 saturated heterocycles. The van der Waals surface area contributed by atoms with Crippen LogP contribution in [-0.4, -0.2) is 29.7 Å². The number of rotatable bonds is 7. The Balaban J connectivity index is 0.00000280. The van der Waals surface area contributed by atoms with Gasteiger partial charge in [-0.15, -0.1) is 6.07 Å². The molecule has 1 N–H and O–H groups in total. The molecule has 0 saturated carbocycles. The smallest absolute Gasteiger partial charge is 0.310 e. The van der Waals surface area contributed by atoms with Gasteiger partial charge in [0.25, 0.3) is 0 Å². The van der Waals surface area contributed by atoms with E-state index in [2.05, 4.69) is 11.1 Å². The third-order valence-corrected chi connectivity index (χ3v) is 4.76. The maximum atomic E-state index is 12.6. The Kier molecular flexibility index (Phi) is 8.39. The number of anilines is 1. The predicted octanol–water partition coefficient (Wildman–Crippen LogP) is 3.38. The van der Waals surface area contributed by atoms with Gasteiger partial charge in [-0.05, 0) is 35.6 Å². The normalized spacial score (nSPS) is 20.1. The summed E-state index contributed by atoms with van der Waals surface area (Å²) in [6.07, 6.45) is 2.49. The van der Waals surface area contributed by atoms with Crippen molar-refractivity contribution in [2.24, 2.45) is 5.92 Å². The topological polar surface area (TPSA) is 67.3 Å². The summed E-state index contributed by atoms with van der Waals surface area (Å²) in [6.45, 7) is 11.8. The number of nitrogens with zero attached hydrogens (tertiary/aromatic N) is 2. The van der Waals surface area contributed by atoms with Crippen LogP contribution >= 0.6 is 0 Å². The van der Waals surface area contributed by atoms with E-state index >= 15 is 0 Å². The molecule has 0 bridgehead atoms. The third-order valence-electron chi connectivity index (χ3n) is 4.76. The van der Waals surface area contributed by atoms with E-state index in [-0.39, 0.29) is 50.6 Å². The van der Waals surface area contributed by atoms with Crippen molar-refractivity contribution in [2.45, 2.75) is 45.1 Å². The van der Waals surface area contributed by atoms with Gasteiger partial charge in [-0.25, -0.2) is 6.57 Å². The Morgan fingerprint density at radius 3 is 2.64 bits per heavy atom. The zero-order valence-electron chi connectivity index (χ0n) is 16.0. The van der Waals surface area contributed by atoms with Gasteiger partial charge in [0.1, 0.15) is 0 Å². The van der Waals surface area contributed by atoms with Gasteiger partial charge in [-0.3, -0.25) is 4.79 Å². The second-order valence-electron chi connectivity index (χ2n) is 7.06. The molecule has 1 fully saturated rings. The summed E-state index contributed by atoms with van der Waals surface area (Å²) in [5.74, 6) is 0.567. The van der Waals surface area contributed by atoms with E-state index in [4.69, 9.17) is 15.7 Å². The average Bonchev–Trinajstić information content (AvgIpc) is 3.29. The molecule has 0 aliphatic carbocycles. The molecule has 3 rings (SSSR count). The summed E-state index contributed by atoms with van der Waals surface area (Å²) in [5, 5.41) is 10.2. The number of benzene rings is 1. The molecule has 1 aliphatic rings. The Morgan fingerprint density at radius 1 is 1.36 bits per heavy atom. The summed E-state index contributed by atoms with van der Waals surface area (Å²) in [6, 6.07) is 9.85. The molecule has 1 aliphatic heterocycles. The molecule has 145 valence electrons. The van der Waals surface area contributed by atoms with Crippen LogP contribution in [0.3, 0.4) is 0 Å². The molecule has 3 unspecified atom stereocenters. The first-order chi connectivity index (χ1) is 13.0. The first-order valence-electron chi connectivity index (χ1n) is 9.01. The van der Waals surface area contributed by atoms with E-state index in [1.807, 2.05) is 38.1 Å². The number of aliphatic hydroxyl groups excluding tert-OH is 1. The van der Waals surface area contributed by atoms with Gasteiger partial charge in [0, 0.05) is 45.0 Å². The largest absolute Gasteiger partial charge is 0.593 e. The Bertz CT molecular complexity index is 799. The van der Waals surface area contributed by atoms with Crippen molar-refractivity contribution in [1.29, 1.82) is 0 Å². The van der Waals surface area contributed by atoms with Crippen LogP contribution in [-0.2, 0) is 48.8 Å². The number of aliphatic hydroxyl groups is 1. The molecule has 1 amide bonds. The Labute approximate surface area is 190 Å². The zero-order valence-corrected chi connectivity index (χ0v) is 18.9. The Morgan fingerprint density at radius 2 is 2.07 bits per heavy atom. The van der Waals surface area contributed by atoms with E-state index in [0.29, 0.717) is 31.1 Å². The maximum Gasteiger partial charge on any atom is 0.310 e. The van der Waals surface area contributed by atoms with Gasteiger partial charge in [-0.1, -0.05) is 26.0 Å². The summed E-state index contributed by atoms with van der Waals surface area (Å²) in [5.41, 5.74) is 1.52. The zero-order chi connectivity index (χ0) is 19.4. The number of furan rings is 1. The molecule has 3 atom stereocenters. The first kappa shape index (κ1) is 22.8. The summed E-state index contributed by atoms with van der Waals surface area (Å²) < 4.78 is 10.8. The van der Waals surface area contributed by atoms with E-state index in [0.717, 1.165) is 5.56 Å². The van der Waals surface area contributed by atoms with Crippen molar-refractivity contribution in [1.82, 2.24) is 0 Å². The molecule has 0 spiro atoms. The average molecular weight is 456 g/mol. The summed E-state index contributed by atoms with van der Waals surface area (Å²) >= 11 is 0. The van der Waals surface area contributed by atoms with Crippen molar-refractivity contribution in [3.05, 3.63) is 65.4 Å². The number of hydrogen-bond acceptors (Lipinski definition) is 4. The second kappa shape index (κ2) is 10.3. The molecule has 1 aromatic carbocycles. The van der Waals surface area contributed by atoms with Crippen molar-refractivity contribution in [3.63, 3.8) is 0 Å². The van der Waals surface area contributed by atoms with Gasteiger partial charge in [-0.2, -0.15) is 6.07 Å². The molecule has 1 radical (unpaired) electrons. The minimum absolute atomic E-state index is 0. The van der Waals surface area contributed by atoms with E-state index in [9.17, 15) is 9.90 Å². The van der Waals surface area contributed by atoms with Gasteiger partial charge >= 0.3 is 11.9 Å². The van der Waals surface area contributed by atoms with Gasteiger partial charge in [0.15, 0.2) is 0 Å². The summed E-state index contributed by atoms with van der Waals surface area (Å²) in [7, 11) is 0. The predicted molar refractivity (Wildman–Crippen MR) is 99.7 cm³/mol. The van der Waals surface area contributed by atoms with Crippen molar-refractivity contribution >= 4 is 11.6 Å². The van der Waals surface area contributed by atoms with Crippen LogP contribution in [0.2, 0.25) is 0 Å². The fourth-order valence-electron chi connectivity index (χ4n) is 3.25. The molecule has 28 heavy (non-hydrogen) atoms. The minimum Gasteiger partial charge on any atom is -0.593 e. The number of carbonyl (C=O) groups is 1. The van der Waals surface area contributed by atoms with Gasteiger partial charge in [0.05, 0.1) is 25.2 Å². The minimum atomic E-state index is -0.684. The number of ether oxygens (including phenoxy) is 1. The van der Waals surface area contributed by atoms with Crippen LogP contribution in [0.1, 0.15) is 37.7 Å². The Hall–Kier alpha value is -1.52. The van der Waals surface area contributed by atoms with Crippen LogP contribution in [0, 0.1) is 18.8 Å². The quantitative estimate of drug-likeness (QED) is 0.649. The monoisotopic (exact) mass is 456 g/mol. The maximum absolute atomic E-state index is 12.6. The van der Waals surface area contributed by atoms with Crippen LogP contribution in [0.25, 0.3) is 4.85 Å². The van der Waals surface area contributed by atoms with Crippen molar-refractivity contribution in [3.8, 4) is 0 Å². The van der Waals surface area contributed by atoms with Crippen LogP contribution in [0.15, 0.2) is 40.8 Å². The van der Waals surface area contributed by atoms with E-state index in [1.54, 1.807) is 17.0 Å². The number of hydrogen-bond donors (Lipinski definition) is 1. The molecule has 6 nitrogen and oxygen atoms in total. The third kappa shape index (κ3) is 5.09. The number of carbonyl (C=O) groups excluding carboxylic acids is 1. The molecular weight excluding hydrogens is 433 g/mol. The molecule has 1 aromatic heterocycles. The van der Waals surface area contributed by atoms with Crippen LogP contribution in [0.5, 0.6) is 0 Å². The summed E-state index contributed by atoms with van der Waals surface area (Å²) in [4.78, 5) is 17.8. The van der Waals surface area contributed by atoms with E-state index < -0.39 is 12.1 Å². The second-order valence-corrected chi connectivity index (χ2v) is 7.06.